The van der Waals surface area contributed by atoms with Crippen molar-refractivity contribution in [1.29, 1.82) is 0 Å². The maximum absolute atomic E-state index is 11.8. The van der Waals surface area contributed by atoms with Crippen molar-refractivity contribution in [2.24, 2.45) is 11.8 Å². The topological polar surface area (TPSA) is 53.3 Å². The van der Waals surface area contributed by atoms with Gasteiger partial charge >= 0.3 is 0 Å². The molecule has 0 bridgehead atoms. The Morgan fingerprint density at radius 1 is 1.25 bits per heavy atom. The van der Waals surface area contributed by atoms with Crippen molar-refractivity contribution in [2.45, 2.75) is 47.0 Å². The molecule has 120 valence electrons. The molecule has 1 fully saturated rings. The van der Waals surface area contributed by atoms with E-state index in [4.69, 9.17) is 10.5 Å². The molecule has 0 atom stereocenters. The monoisotopic (exact) mass is 455 g/mol. The second kappa shape index (κ2) is 14.0. The molecule has 0 aromatic carbocycles. The van der Waals surface area contributed by atoms with Crippen LogP contribution in [0.15, 0.2) is 0 Å². The van der Waals surface area contributed by atoms with Gasteiger partial charge in [-0.05, 0) is 24.7 Å². The van der Waals surface area contributed by atoms with Gasteiger partial charge in [0.05, 0.1) is 13.0 Å². The fourth-order valence-corrected chi connectivity index (χ4v) is 2.31. The number of nitrogens with one attached hydrogen (secondary N) is 1. The number of amides is 1. The van der Waals surface area contributed by atoms with Crippen molar-refractivity contribution in [1.82, 2.24) is 4.90 Å². The fourth-order valence-electron chi connectivity index (χ4n) is 2.31. The Morgan fingerprint density at radius 2 is 1.80 bits per heavy atom. The second-order valence-corrected chi connectivity index (χ2v) is 5.07. The zero-order valence-corrected chi connectivity index (χ0v) is 16.4. The van der Waals surface area contributed by atoms with Crippen LogP contribution in [-0.4, -0.2) is 43.7 Å². The quantitative estimate of drug-likeness (QED) is 0.577. The van der Waals surface area contributed by atoms with Gasteiger partial charge in [-0.2, -0.15) is 0 Å². The third-order valence-corrected chi connectivity index (χ3v) is 3.54. The van der Waals surface area contributed by atoms with E-state index < -0.39 is 0 Å². The first-order valence-electron chi connectivity index (χ1n) is 7.65. The van der Waals surface area contributed by atoms with Gasteiger partial charge in [-0.15, -0.1) is 6.54 Å². The standard InChI is InChI=1S/C13H25N2O2.C2H6.W/c1-11(2)12-3-7-15(8-4-12)13(16)5-9-17-10-6-14;1-2;/h11-12,14H,3-10H2,1-2H3;1-2H3;/q-1;;. The Labute approximate surface area is 139 Å². The second-order valence-electron chi connectivity index (χ2n) is 5.07. The summed E-state index contributed by atoms with van der Waals surface area (Å²) >= 11 is 0. The minimum atomic E-state index is 0. The zero-order chi connectivity index (χ0) is 14.7. The predicted molar refractivity (Wildman–Crippen MR) is 80.1 cm³/mol. The molecule has 1 heterocycles. The minimum absolute atomic E-state index is 0. The van der Waals surface area contributed by atoms with Gasteiger partial charge in [0, 0.05) is 40.8 Å². The molecule has 1 aliphatic rings. The van der Waals surface area contributed by atoms with Gasteiger partial charge in [0.2, 0.25) is 5.91 Å². The minimum Gasteiger partial charge on any atom is -0.676 e. The van der Waals surface area contributed by atoms with E-state index in [9.17, 15) is 4.79 Å². The van der Waals surface area contributed by atoms with E-state index in [-0.39, 0.29) is 33.5 Å². The fraction of sp³-hybridized carbons (Fsp3) is 0.933. The van der Waals surface area contributed by atoms with Crippen molar-refractivity contribution < 1.29 is 30.6 Å². The zero-order valence-electron chi connectivity index (χ0n) is 13.5. The van der Waals surface area contributed by atoms with E-state index in [2.05, 4.69) is 13.8 Å². The summed E-state index contributed by atoms with van der Waals surface area (Å²) in [5.41, 5.74) is 6.93. The summed E-state index contributed by atoms with van der Waals surface area (Å²) in [5, 5.41) is 0. The van der Waals surface area contributed by atoms with E-state index in [0.717, 1.165) is 37.8 Å². The van der Waals surface area contributed by atoms with Gasteiger partial charge in [-0.25, -0.2) is 0 Å². The van der Waals surface area contributed by atoms with Crippen molar-refractivity contribution >= 4 is 5.91 Å². The smallest absolute Gasteiger partial charge is 0.224 e. The molecule has 1 N–H and O–H groups in total. The van der Waals surface area contributed by atoms with Crippen molar-refractivity contribution in [2.75, 3.05) is 32.8 Å². The van der Waals surface area contributed by atoms with Crippen LogP contribution in [0.2, 0.25) is 0 Å². The van der Waals surface area contributed by atoms with Gasteiger partial charge in [0.15, 0.2) is 0 Å². The number of nitrogens with zero attached hydrogens (tertiary/aromatic N) is 1. The average Bonchev–Trinajstić information content (AvgIpc) is 2.45. The average molecular weight is 455 g/mol. The number of likely N-dealkylation sites (tertiary alicyclic amines) is 1. The number of rotatable bonds is 6. The molecule has 0 aliphatic carbocycles. The molecule has 0 spiro atoms. The van der Waals surface area contributed by atoms with Crippen LogP contribution in [-0.2, 0) is 30.6 Å². The summed E-state index contributed by atoms with van der Waals surface area (Å²) in [6, 6.07) is 0. The third kappa shape index (κ3) is 9.09. The van der Waals surface area contributed by atoms with Crippen LogP contribution in [0.3, 0.4) is 0 Å². The van der Waals surface area contributed by atoms with Crippen molar-refractivity contribution in [3.05, 3.63) is 5.73 Å². The molecular weight excluding hydrogens is 424 g/mol. The van der Waals surface area contributed by atoms with Gasteiger partial charge in [0.25, 0.3) is 0 Å². The number of hydrogen-bond donors (Lipinski definition) is 0. The van der Waals surface area contributed by atoms with Gasteiger partial charge in [-0.3, -0.25) is 4.79 Å². The molecule has 4 nitrogen and oxygen atoms in total. The number of piperidine rings is 1. The molecular formula is C15H31N2O2W-. The summed E-state index contributed by atoms with van der Waals surface area (Å²) in [6.07, 6.45) is 2.74. The number of ether oxygens (including phenoxy) is 1. The summed E-state index contributed by atoms with van der Waals surface area (Å²) in [6.45, 7) is 11.5. The van der Waals surface area contributed by atoms with E-state index in [0.29, 0.717) is 19.6 Å². The normalized spacial score (nSPS) is 15.4. The maximum Gasteiger partial charge on any atom is 0.224 e. The Hall–Kier alpha value is 0.0783. The Balaban J connectivity index is 0. The molecule has 5 heteroatoms. The molecule has 1 aliphatic heterocycles. The van der Waals surface area contributed by atoms with E-state index in [1.165, 1.54) is 0 Å². The first-order valence-corrected chi connectivity index (χ1v) is 7.65. The first-order chi connectivity index (χ1) is 9.15. The summed E-state index contributed by atoms with van der Waals surface area (Å²) in [5.74, 6) is 1.71. The SMILES string of the molecule is CC.CC(C)C1CCN(C(=O)CCOCC[NH-])CC1.[W]. The molecule has 1 amide bonds. The van der Waals surface area contributed by atoms with E-state index in [1.807, 2.05) is 18.7 Å². The molecule has 0 aromatic heterocycles. The number of carbonyl (C=O) groups is 1. The maximum atomic E-state index is 11.8. The summed E-state index contributed by atoms with van der Waals surface area (Å²) in [4.78, 5) is 13.8. The molecule has 1 rings (SSSR count). The molecule has 0 radical (unpaired) electrons. The van der Waals surface area contributed by atoms with Gasteiger partial charge < -0.3 is 15.4 Å². The Bertz CT molecular complexity index is 230. The van der Waals surface area contributed by atoms with Crippen LogP contribution < -0.4 is 0 Å². The van der Waals surface area contributed by atoms with E-state index >= 15 is 0 Å². The van der Waals surface area contributed by atoms with Crippen LogP contribution in [0, 0.1) is 11.8 Å². The van der Waals surface area contributed by atoms with Crippen LogP contribution in [0.4, 0.5) is 0 Å². The number of carbonyl (C=O) groups excluding carboxylic acids is 1. The molecule has 0 unspecified atom stereocenters. The van der Waals surface area contributed by atoms with Crippen molar-refractivity contribution in [3.8, 4) is 0 Å². The van der Waals surface area contributed by atoms with E-state index in [1.54, 1.807) is 0 Å². The predicted octanol–water partition coefficient (Wildman–Crippen LogP) is 3.36. The van der Waals surface area contributed by atoms with Crippen LogP contribution in [0.25, 0.3) is 5.73 Å². The van der Waals surface area contributed by atoms with Crippen LogP contribution in [0.1, 0.15) is 47.0 Å². The first kappa shape index (κ1) is 22.4. The van der Waals surface area contributed by atoms with Crippen LogP contribution in [0.5, 0.6) is 0 Å². The van der Waals surface area contributed by atoms with Crippen molar-refractivity contribution in [3.63, 3.8) is 0 Å². The van der Waals surface area contributed by atoms with Gasteiger partial charge in [-0.1, -0.05) is 27.7 Å². The van der Waals surface area contributed by atoms with Crippen LogP contribution >= 0.6 is 0 Å². The molecule has 1 saturated heterocycles. The summed E-state index contributed by atoms with van der Waals surface area (Å²) < 4.78 is 5.17. The number of hydrogen-bond acceptors (Lipinski definition) is 2. The summed E-state index contributed by atoms with van der Waals surface area (Å²) in [7, 11) is 0. The Morgan fingerprint density at radius 3 is 2.25 bits per heavy atom. The van der Waals surface area contributed by atoms with Gasteiger partial charge in [0.1, 0.15) is 0 Å². The molecule has 20 heavy (non-hydrogen) atoms. The Kier molecular flexibility index (Phi) is 15.7. The largest absolute Gasteiger partial charge is 0.676 e. The molecule has 0 aromatic rings. The third-order valence-electron chi connectivity index (χ3n) is 3.54. The molecule has 0 saturated carbocycles.